The van der Waals surface area contributed by atoms with Gasteiger partial charge < -0.3 is 4.74 Å². The summed E-state index contributed by atoms with van der Waals surface area (Å²) in [6.45, 7) is 0. The zero-order valence-electron chi connectivity index (χ0n) is 7.15. The Bertz CT molecular complexity index is 295. The van der Waals surface area contributed by atoms with Crippen LogP contribution in [0.4, 0.5) is 0 Å². The van der Waals surface area contributed by atoms with E-state index in [1.165, 1.54) is 7.11 Å². The summed E-state index contributed by atoms with van der Waals surface area (Å²) in [5.74, 6) is -0.197. The number of carbonyl (C=O) groups excluding carboxylic acids is 1. The third kappa shape index (κ3) is 2.19. The molecule has 0 saturated carbocycles. The Hall–Kier alpha value is -1.55. The maximum atomic E-state index is 11.2. The van der Waals surface area contributed by atoms with Crippen molar-refractivity contribution < 1.29 is 19.3 Å². The molecular weight excluding hydrogens is 172 g/mol. The standard InChI is InChI=1S/C9H9O4/c1-11-8-6-4-3-5-7(8)9(10)13-12-2/h3-6H,2H2,1H3. The van der Waals surface area contributed by atoms with Crippen molar-refractivity contribution in [3.05, 3.63) is 36.9 Å². The Morgan fingerprint density at radius 1 is 1.38 bits per heavy atom. The van der Waals surface area contributed by atoms with Gasteiger partial charge in [0.2, 0.25) is 0 Å². The average molecular weight is 181 g/mol. The van der Waals surface area contributed by atoms with Crippen molar-refractivity contribution in [1.29, 1.82) is 0 Å². The molecule has 69 valence electrons. The molecule has 0 aliphatic rings. The lowest BCUT2D eigenvalue weighted by Crippen LogP contribution is -2.05. The highest BCUT2D eigenvalue weighted by Gasteiger charge is 2.12. The van der Waals surface area contributed by atoms with E-state index in [1.54, 1.807) is 24.3 Å². The van der Waals surface area contributed by atoms with Gasteiger partial charge in [-0.2, -0.15) is 4.89 Å². The van der Waals surface area contributed by atoms with Crippen LogP contribution in [0.3, 0.4) is 0 Å². The van der Waals surface area contributed by atoms with Gasteiger partial charge in [0.25, 0.3) is 0 Å². The van der Waals surface area contributed by atoms with Crippen LogP contribution in [-0.4, -0.2) is 13.1 Å². The van der Waals surface area contributed by atoms with Crippen LogP contribution in [0.2, 0.25) is 0 Å². The highest BCUT2D eigenvalue weighted by atomic mass is 17.2. The van der Waals surface area contributed by atoms with Crippen molar-refractivity contribution in [1.82, 2.24) is 0 Å². The van der Waals surface area contributed by atoms with Gasteiger partial charge in [0.05, 0.1) is 7.11 Å². The van der Waals surface area contributed by atoms with Crippen LogP contribution in [-0.2, 0) is 9.78 Å². The SMILES string of the molecule is [CH2]OOC(=O)c1ccccc1OC. The van der Waals surface area contributed by atoms with E-state index in [2.05, 4.69) is 16.9 Å². The first kappa shape index (κ1) is 9.54. The molecule has 0 aromatic heterocycles. The third-order valence-electron chi connectivity index (χ3n) is 1.46. The van der Waals surface area contributed by atoms with Crippen LogP contribution in [0, 0.1) is 7.11 Å². The summed E-state index contributed by atoms with van der Waals surface area (Å²) < 4.78 is 4.94. The summed E-state index contributed by atoms with van der Waals surface area (Å²) in [7, 11) is 4.39. The number of hydrogen-bond donors (Lipinski definition) is 0. The lowest BCUT2D eigenvalue weighted by molar-refractivity contribution is -0.195. The fourth-order valence-corrected chi connectivity index (χ4v) is 0.912. The maximum absolute atomic E-state index is 11.2. The summed E-state index contributed by atoms with van der Waals surface area (Å²) in [5.41, 5.74) is 0.300. The van der Waals surface area contributed by atoms with Gasteiger partial charge in [0, 0.05) is 0 Å². The van der Waals surface area contributed by atoms with Gasteiger partial charge in [-0.15, -0.1) is 0 Å². The molecule has 0 bridgehead atoms. The predicted octanol–water partition coefficient (Wildman–Crippen LogP) is 1.58. The number of hydrogen-bond acceptors (Lipinski definition) is 4. The molecule has 1 aromatic carbocycles. The third-order valence-corrected chi connectivity index (χ3v) is 1.46. The molecule has 0 saturated heterocycles. The number of rotatable bonds is 3. The first-order valence-electron chi connectivity index (χ1n) is 3.55. The summed E-state index contributed by atoms with van der Waals surface area (Å²) in [5, 5.41) is 0. The van der Waals surface area contributed by atoms with Crippen LogP contribution in [0.5, 0.6) is 5.75 Å². The van der Waals surface area contributed by atoms with E-state index in [-0.39, 0.29) is 0 Å². The summed E-state index contributed by atoms with van der Waals surface area (Å²) in [6, 6.07) is 6.67. The predicted molar refractivity (Wildman–Crippen MR) is 44.9 cm³/mol. The molecule has 0 aliphatic heterocycles. The molecule has 0 N–H and O–H groups in total. The van der Waals surface area contributed by atoms with E-state index in [9.17, 15) is 4.79 Å². The van der Waals surface area contributed by atoms with Crippen LogP contribution in [0.15, 0.2) is 24.3 Å². The Balaban J connectivity index is 2.92. The fraction of sp³-hybridized carbons (Fsp3) is 0.111. The van der Waals surface area contributed by atoms with Crippen molar-refractivity contribution in [3.8, 4) is 5.75 Å². The number of methoxy groups -OCH3 is 1. The van der Waals surface area contributed by atoms with Gasteiger partial charge in [-0.1, -0.05) is 12.1 Å². The van der Waals surface area contributed by atoms with Gasteiger partial charge in [-0.25, -0.2) is 4.79 Å². The first-order valence-corrected chi connectivity index (χ1v) is 3.55. The van der Waals surface area contributed by atoms with E-state index in [0.717, 1.165) is 0 Å². The molecule has 1 aromatic rings. The number of ether oxygens (including phenoxy) is 1. The first-order chi connectivity index (χ1) is 6.29. The molecule has 0 fully saturated rings. The zero-order chi connectivity index (χ0) is 9.68. The van der Waals surface area contributed by atoms with Crippen molar-refractivity contribution in [2.45, 2.75) is 0 Å². The second kappa shape index (κ2) is 4.47. The molecule has 0 aliphatic carbocycles. The Labute approximate surface area is 76.0 Å². The Kier molecular flexibility index (Phi) is 3.28. The Morgan fingerprint density at radius 3 is 2.69 bits per heavy atom. The van der Waals surface area contributed by atoms with Crippen molar-refractivity contribution in [2.75, 3.05) is 7.11 Å². The van der Waals surface area contributed by atoms with Crippen molar-refractivity contribution in [2.24, 2.45) is 0 Å². The molecule has 0 atom stereocenters. The van der Waals surface area contributed by atoms with E-state index < -0.39 is 5.97 Å². The molecule has 1 radical (unpaired) electrons. The van der Waals surface area contributed by atoms with Crippen molar-refractivity contribution >= 4 is 5.97 Å². The lowest BCUT2D eigenvalue weighted by Gasteiger charge is -2.04. The zero-order valence-corrected chi connectivity index (χ0v) is 7.15. The van der Waals surface area contributed by atoms with Gasteiger partial charge in [0.1, 0.15) is 18.4 Å². The molecular formula is C9H9O4. The van der Waals surface area contributed by atoms with Gasteiger partial charge in [-0.05, 0) is 12.1 Å². The average Bonchev–Trinajstić information content (AvgIpc) is 2.18. The van der Waals surface area contributed by atoms with E-state index >= 15 is 0 Å². The largest absolute Gasteiger partial charge is 0.496 e. The van der Waals surface area contributed by atoms with Crippen LogP contribution in [0.1, 0.15) is 10.4 Å². The molecule has 4 nitrogen and oxygen atoms in total. The molecule has 0 spiro atoms. The molecule has 13 heavy (non-hydrogen) atoms. The van der Waals surface area contributed by atoms with Gasteiger partial charge >= 0.3 is 5.97 Å². The molecule has 0 unspecified atom stereocenters. The molecule has 0 amide bonds. The minimum Gasteiger partial charge on any atom is -0.496 e. The van der Waals surface area contributed by atoms with Gasteiger partial charge in [0.15, 0.2) is 0 Å². The van der Waals surface area contributed by atoms with Gasteiger partial charge in [-0.3, -0.25) is 4.89 Å². The monoisotopic (exact) mass is 181 g/mol. The summed E-state index contributed by atoms with van der Waals surface area (Å²) >= 11 is 0. The minimum absolute atomic E-state index is 0.300. The second-order valence-electron chi connectivity index (χ2n) is 2.19. The van der Waals surface area contributed by atoms with E-state index in [4.69, 9.17) is 4.74 Å². The van der Waals surface area contributed by atoms with Crippen LogP contribution in [0.25, 0.3) is 0 Å². The van der Waals surface area contributed by atoms with Crippen molar-refractivity contribution in [3.63, 3.8) is 0 Å². The Morgan fingerprint density at radius 2 is 2.08 bits per heavy atom. The quantitative estimate of drug-likeness (QED) is 0.524. The van der Waals surface area contributed by atoms with E-state index in [0.29, 0.717) is 11.3 Å². The normalized spacial score (nSPS) is 9.38. The summed E-state index contributed by atoms with van der Waals surface area (Å²) in [4.78, 5) is 19.4. The van der Waals surface area contributed by atoms with Crippen LogP contribution < -0.4 is 4.74 Å². The second-order valence-corrected chi connectivity index (χ2v) is 2.19. The lowest BCUT2D eigenvalue weighted by atomic mass is 10.2. The number of benzene rings is 1. The maximum Gasteiger partial charge on any atom is 0.376 e. The summed E-state index contributed by atoms with van der Waals surface area (Å²) in [6.07, 6.45) is 0. The van der Waals surface area contributed by atoms with Crippen LogP contribution >= 0.6 is 0 Å². The fourth-order valence-electron chi connectivity index (χ4n) is 0.912. The molecule has 1 rings (SSSR count). The molecule has 4 heteroatoms. The highest BCUT2D eigenvalue weighted by Crippen LogP contribution is 2.17. The minimum atomic E-state index is -0.632. The molecule has 0 heterocycles. The van der Waals surface area contributed by atoms with E-state index in [1.807, 2.05) is 0 Å². The smallest absolute Gasteiger partial charge is 0.376 e. The topological polar surface area (TPSA) is 44.8 Å². The number of carbonyl (C=O) groups is 1. The highest BCUT2D eigenvalue weighted by molar-refractivity contribution is 5.92. The number of para-hydroxylation sites is 1.